The summed E-state index contributed by atoms with van der Waals surface area (Å²) in [6, 6.07) is 4.67. The zero-order chi connectivity index (χ0) is 13.0. The number of nitrogens with one attached hydrogen (secondary N) is 2. The highest BCUT2D eigenvalue weighted by molar-refractivity contribution is 6.34. The lowest BCUT2D eigenvalue weighted by Gasteiger charge is -2.06. The summed E-state index contributed by atoms with van der Waals surface area (Å²) in [7, 11) is 0. The van der Waals surface area contributed by atoms with Gasteiger partial charge < -0.3 is 4.74 Å². The third-order valence-corrected chi connectivity index (χ3v) is 2.24. The molecule has 0 aliphatic rings. The third-order valence-electron chi connectivity index (χ3n) is 1.80. The number of H-pyrrole nitrogens is 1. The van der Waals surface area contributed by atoms with Crippen molar-refractivity contribution in [3.8, 4) is 5.75 Å². The summed E-state index contributed by atoms with van der Waals surface area (Å²) in [5.41, 5.74) is 0. The lowest BCUT2D eigenvalue weighted by molar-refractivity contribution is -0.118. The molecule has 1 aromatic carbocycles. The van der Waals surface area contributed by atoms with E-state index in [0.29, 0.717) is 15.8 Å². The highest BCUT2D eigenvalue weighted by Gasteiger charge is 2.07. The predicted octanol–water partition coefficient (Wildman–Crippen LogP) is 1.52. The molecule has 0 bridgehead atoms. The van der Waals surface area contributed by atoms with E-state index >= 15 is 0 Å². The van der Waals surface area contributed by atoms with E-state index in [1.165, 1.54) is 0 Å². The number of ether oxygens (including phenoxy) is 1. The SMILES string of the molecule is O=C(COc1cc(Cl)cc(Cl)c1)Nc1nn[nH]n1. The van der Waals surface area contributed by atoms with Crippen LogP contribution in [0.1, 0.15) is 0 Å². The number of aromatic amines is 1. The van der Waals surface area contributed by atoms with Crippen LogP contribution >= 0.6 is 23.2 Å². The van der Waals surface area contributed by atoms with Crippen molar-refractivity contribution in [2.45, 2.75) is 0 Å². The van der Waals surface area contributed by atoms with Crippen molar-refractivity contribution in [3.05, 3.63) is 28.2 Å². The van der Waals surface area contributed by atoms with E-state index in [4.69, 9.17) is 27.9 Å². The molecule has 0 aliphatic carbocycles. The zero-order valence-corrected chi connectivity index (χ0v) is 10.4. The number of carbonyl (C=O) groups is 1. The zero-order valence-electron chi connectivity index (χ0n) is 8.85. The number of carbonyl (C=O) groups excluding carboxylic acids is 1. The second-order valence-electron chi connectivity index (χ2n) is 3.18. The largest absolute Gasteiger partial charge is 0.484 e. The van der Waals surface area contributed by atoms with Gasteiger partial charge in [0, 0.05) is 10.0 Å². The molecular formula is C9H7Cl2N5O2. The van der Waals surface area contributed by atoms with Crippen LogP contribution in [0.5, 0.6) is 5.75 Å². The maximum atomic E-state index is 11.4. The fraction of sp³-hybridized carbons (Fsp3) is 0.111. The lowest BCUT2D eigenvalue weighted by Crippen LogP contribution is -2.20. The van der Waals surface area contributed by atoms with E-state index < -0.39 is 5.91 Å². The average molecular weight is 288 g/mol. The first kappa shape index (κ1) is 12.6. The molecule has 0 atom stereocenters. The molecule has 94 valence electrons. The van der Waals surface area contributed by atoms with Crippen LogP contribution in [0.3, 0.4) is 0 Å². The molecule has 0 saturated heterocycles. The van der Waals surface area contributed by atoms with Crippen molar-refractivity contribution in [2.24, 2.45) is 0 Å². The normalized spacial score (nSPS) is 10.1. The van der Waals surface area contributed by atoms with Gasteiger partial charge in [0.15, 0.2) is 6.61 Å². The summed E-state index contributed by atoms with van der Waals surface area (Å²) in [4.78, 5) is 11.4. The van der Waals surface area contributed by atoms with Crippen molar-refractivity contribution >= 4 is 35.1 Å². The summed E-state index contributed by atoms with van der Waals surface area (Å²) in [6.07, 6.45) is 0. The maximum absolute atomic E-state index is 11.4. The summed E-state index contributed by atoms with van der Waals surface area (Å²) < 4.78 is 5.21. The van der Waals surface area contributed by atoms with Crippen molar-refractivity contribution in [1.29, 1.82) is 0 Å². The molecule has 2 N–H and O–H groups in total. The number of rotatable bonds is 4. The highest BCUT2D eigenvalue weighted by Crippen LogP contribution is 2.23. The molecule has 0 aliphatic heterocycles. The molecule has 2 rings (SSSR count). The predicted molar refractivity (Wildman–Crippen MR) is 64.8 cm³/mol. The van der Waals surface area contributed by atoms with Crippen LogP contribution in [-0.2, 0) is 4.79 Å². The number of amides is 1. The van der Waals surface area contributed by atoms with E-state index in [2.05, 4.69) is 25.9 Å². The van der Waals surface area contributed by atoms with Crippen LogP contribution < -0.4 is 10.1 Å². The first-order valence-corrected chi connectivity index (χ1v) is 5.51. The van der Waals surface area contributed by atoms with Gasteiger partial charge in [-0.3, -0.25) is 10.1 Å². The maximum Gasteiger partial charge on any atom is 0.269 e. The van der Waals surface area contributed by atoms with Crippen molar-refractivity contribution in [1.82, 2.24) is 20.6 Å². The van der Waals surface area contributed by atoms with Gasteiger partial charge in [0.2, 0.25) is 0 Å². The van der Waals surface area contributed by atoms with Crippen molar-refractivity contribution < 1.29 is 9.53 Å². The standard InChI is InChI=1S/C9H7Cl2N5O2/c10-5-1-6(11)3-7(2-5)18-4-8(17)12-9-13-15-16-14-9/h1-3H,4H2,(H2,12,13,14,15,16,17). The molecule has 1 heterocycles. The molecule has 0 fully saturated rings. The molecule has 9 heteroatoms. The first-order valence-electron chi connectivity index (χ1n) is 4.75. The number of halogens is 2. The lowest BCUT2D eigenvalue weighted by atomic mass is 10.3. The number of hydrogen-bond donors (Lipinski definition) is 2. The fourth-order valence-corrected chi connectivity index (χ4v) is 1.64. The number of hydrogen-bond acceptors (Lipinski definition) is 5. The van der Waals surface area contributed by atoms with E-state index in [-0.39, 0.29) is 12.6 Å². The van der Waals surface area contributed by atoms with Crippen LogP contribution in [0.15, 0.2) is 18.2 Å². The van der Waals surface area contributed by atoms with Gasteiger partial charge in [0.1, 0.15) is 5.75 Å². The Morgan fingerprint density at radius 2 is 2.06 bits per heavy atom. The Morgan fingerprint density at radius 3 is 2.67 bits per heavy atom. The second kappa shape index (κ2) is 5.65. The monoisotopic (exact) mass is 287 g/mol. The molecule has 1 amide bonds. The molecule has 0 spiro atoms. The van der Waals surface area contributed by atoms with Gasteiger partial charge in [-0.05, 0) is 23.4 Å². The molecule has 0 saturated carbocycles. The van der Waals surface area contributed by atoms with Crippen LogP contribution in [-0.4, -0.2) is 33.1 Å². The minimum Gasteiger partial charge on any atom is -0.484 e. The van der Waals surface area contributed by atoms with Gasteiger partial charge in [-0.2, -0.15) is 5.21 Å². The molecule has 0 unspecified atom stereocenters. The van der Waals surface area contributed by atoms with E-state index in [0.717, 1.165) is 0 Å². The van der Waals surface area contributed by atoms with E-state index in [9.17, 15) is 4.79 Å². The van der Waals surface area contributed by atoms with Crippen LogP contribution in [0, 0.1) is 0 Å². The van der Waals surface area contributed by atoms with Gasteiger partial charge in [-0.25, -0.2) is 0 Å². The quantitative estimate of drug-likeness (QED) is 0.889. The van der Waals surface area contributed by atoms with Gasteiger partial charge in [-0.15, -0.1) is 5.10 Å². The molecule has 0 radical (unpaired) electrons. The summed E-state index contributed by atoms with van der Waals surface area (Å²) >= 11 is 11.6. The number of aromatic nitrogens is 4. The van der Waals surface area contributed by atoms with Gasteiger partial charge in [0.25, 0.3) is 11.9 Å². The van der Waals surface area contributed by atoms with Crippen LogP contribution in [0.25, 0.3) is 0 Å². The molecule has 2 aromatic rings. The Labute approximate surface area is 111 Å². The number of benzene rings is 1. The topological polar surface area (TPSA) is 92.8 Å². The number of nitrogens with zero attached hydrogens (tertiary/aromatic N) is 3. The summed E-state index contributed by atoms with van der Waals surface area (Å²) in [6.45, 7) is -0.217. The fourth-order valence-electron chi connectivity index (χ4n) is 1.14. The van der Waals surface area contributed by atoms with Gasteiger partial charge in [-0.1, -0.05) is 28.3 Å². The minimum atomic E-state index is -0.424. The number of tetrazole rings is 1. The molecule has 1 aromatic heterocycles. The smallest absolute Gasteiger partial charge is 0.269 e. The Morgan fingerprint density at radius 1 is 1.33 bits per heavy atom. The molecule has 7 nitrogen and oxygen atoms in total. The molecular weight excluding hydrogens is 281 g/mol. The van der Waals surface area contributed by atoms with Gasteiger partial charge >= 0.3 is 0 Å². The Balaban J connectivity index is 1.89. The van der Waals surface area contributed by atoms with Crippen LogP contribution in [0.4, 0.5) is 5.95 Å². The minimum absolute atomic E-state index is 0.0766. The van der Waals surface area contributed by atoms with E-state index in [1.54, 1.807) is 18.2 Å². The Bertz CT molecular complexity index is 526. The summed E-state index contributed by atoms with van der Waals surface area (Å²) in [5.74, 6) is 0.0518. The van der Waals surface area contributed by atoms with Crippen molar-refractivity contribution in [2.75, 3.05) is 11.9 Å². The highest BCUT2D eigenvalue weighted by atomic mass is 35.5. The summed E-state index contributed by atoms with van der Waals surface area (Å²) in [5, 5.41) is 15.8. The Hall–Kier alpha value is -1.86. The third kappa shape index (κ3) is 3.57. The van der Waals surface area contributed by atoms with Crippen LogP contribution in [0.2, 0.25) is 10.0 Å². The average Bonchev–Trinajstić information content (AvgIpc) is 2.78. The first-order chi connectivity index (χ1) is 8.63. The van der Waals surface area contributed by atoms with Gasteiger partial charge in [0.05, 0.1) is 0 Å². The molecule has 18 heavy (non-hydrogen) atoms. The number of anilines is 1. The van der Waals surface area contributed by atoms with E-state index in [1.807, 2.05) is 0 Å². The Kier molecular flexibility index (Phi) is 3.96. The second-order valence-corrected chi connectivity index (χ2v) is 4.05. The van der Waals surface area contributed by atoms with Crippen molar-refractivity contribution in [3.63, 3.8) is 0 Å².